The van der Waals surface area contributed by atoms with Crippen molar-refractivity contribution in [1.29, 1.82) is 0 Å². The Hall–Kier alpha value is -3.73. The first-order valence-electron chi connectivity index (χ1n) is 9.24. The van der Waals surface area contributed by atoms with E-state index in [0.717, 1.165) is 22.3 Å². The fraction of sp³-hybridized carbons (Fsp3) is 0.125. The van der Waals surface area contributed by atoms with E-state index in [1.807, 2.05) is 60.7 Å². The number of pyridine rings is 1. The summed E-state index contributed by atoms with van der Waals surface area (Å²) in [7, 11) is 3.17. The van der Waals surface area contributed by atoms with E-state index in [-0.39, 0.29) is 5.56 Å². The van der Waals surface area contributed by atoms with Gasteiger partial charge in [0.25, 0.3) is 5.56 Å². The molecule has 3 aromatic carbocycles. The van der Waals surface area contributed by atoms with Gasteiger partial charge in [-0.05, 0) is 29.3 Å². The number of ether oxygens (including phenoxy) is 3. The van der Waals surface area contributed by atoms with Crippen LogP contribution in [0.3, 0.4) is 0 Å². The molecule has 0 bridgehead atoms. The Morgan fingerprint density at radius 3 is 2.28 bits per heavy atom. The second-order valence-electron chi connectivity index (χ2n) is 6.60. The number of rotatable bonds is 6. The van der Waals surface area contributed by atoms with Gasteiger partial charge >= 0.3 is 0 Å². The largest absolute Gasteiger partial charge is 0.497 e. The van der Waals surface area contributed by atoms with Crippen molar-refractivity contribution in [1.82, 2.24) is 4.98 Å². The number of benzene rings is 3. The molecule has 5 heteroatoms. The summed E-state index contributed by atoms with van der Waals surface area (Å²) in [5.74, 6) is 2.01. The molecule has 0 atom stereocenters. The average molecular weight is 387 g/mol. The van der Waals surface area contributed by atoms with E-state index >= 15 is 0 Å². The standard InChI is InChI=1S/C24H21NO4/c1-27-19-12-22-21(23(13-19)28-2)14-20(24(26)25-22)17-8-10-18(11-9-17)29-15-16-6-4-3-5-7-16/h3-14H,15H2,1-2H3,(H,25,26). The number of H-pyrrole nitrogens is 1. The Morgan fingerprint density at radius 2 is 1.59 bits per heavy atom. The quantitative estimate of drug-likeness (QED) is 0.517. The zero-order valence-corrected chi connectivity index (χ0v) is 16.3. The van der Waals surface area contributed by atoms with Crippen LogP contribution in [0.5, 0.6) is 17.2 Å². The van der Waals surface area contributed by atoms with Gasteiger partial charge in [-0.15, -0.1) is 0 Å². The first-order valence-corrected chi connectivity index (χ1v) is 9.24. The molecular weight excluding hydrogens is 366 g/mol. The second-order valence-corrected chi connectivity index (χ2v) is 6.60. The fourth-order valence-electron chi connectivity index (χ4n) is 3.23. The first-order chi connectivity index (χ1) is 14.2. The molecule has 4 rings (SSSR count). The van der Waals surface area contributed by atoms with Crippen LogP contribution in [-0.4, -0.2) is 19.2 Å². The molecule has 1 aromatic heterocycles. The molecule has 0 fully saturated rings. The number of methoxy groups -OCH3 is 2. The highest BCUT2D eigenvalue weighted by Gasteiger charge is 2.11. The Labute approximate surface area is 168 Å². The molecule has 0 unspecified atom stereocenters. The van der Waals surface area contributed by atoms with E-state index in [2.05, 4.69) is 4.98 Å². The van der Waals surface area contributed by atoms with Crippen LogP contribution >= 0.6 is 0 Å². The third-order valence-corrected chi connectivity index (χ3v) is 4.77. The molecule has 1 N–H and O–H groups in total. The molecule has 0 aliphatic heterocycles. The minimum absolute atomic E-state index is 0.175. The number of aromatic nitrogens is 1. The summed E-state index contributed by atoms with van der Waals surface area (Å²) in [5, 5.41) is 0.812. The minimum Gasteiger partial charge on any atom is -0.497 e. The Bertz CT molecular complexity index is 1180. The van der Waals surface area contributed by atoms with Gasteiger partial charge < -0.3 is 19.2 Å². The van der Waals surface area contributed by atoms with Crippen molar-refractivity contribution in [2.45, 2.75) is 6.61 Å². The molecule has 5 nitrogen and oxygen atoms in total. The lowest BCUT2D eigenvalue weighted by atomic mass is 10.0. The normalized spacial score (nSPS) is 10.7. The van der Waals surface area contributed by atoms with Crippen LogP contribution in [0.2, 0.25) is 0 Å². The molecule has 0 saturated carbocycles. The zero-order chi connectivity index (χ0) is 20.2. The summed E-state index contributed by atoms with van der Waals surface area (Å²) < 4.78 is 16.6. The summed E-state index contributed by atoms with van der Waals surface area (Å²) in [6.07, 6.45) is 0. The molecule has 0 aliphatic carbocycles. The van der Waals surface area contributed by atoms with Crippen LogP contribution in [0.4, 0.5) is 0 Å². The van der Waals surface area contributed by atoms with Gasteiger partial charge in [0.1, 0.15) is 23.9 Å². The van der Waals surface area contributed by atoms with Gasteiger partial charge in [-0.1, -0.05) is 42.5 Å². The van der Waals surface area contributed by atoms with Crippen LogP contribution in [0.15, 0.2) is 77.6 Å². The maximum Gasteiger partial charge on any atom is 0.256 e. The van der Waals surface area contributed by atoms with Crippen LogP contribution in [0, 0.1) is 0 Å². The maximum atomic E-state index is 12.7. The van der Waals surface area contributed by atoms with Gasteiger partial charge in [-0.2, -0.15) is 0 Å². The number of hydrogen-bond acceptors (Lipinski definition) is 4. The Morgan fingerprint density at radius 1 is 0.828 bits per heavy atom. The molecule has 29 heavy (non-hydrogen) atoms. The van der Waals surface area contributed by atoms with Gasteiger partial charge in [-0.25, -0.2) is 0 Å². The van der Waals surface area contributed by atoms with Crippen molar-refractivity contribution in [2.24, 2.45) is 0 Å². The van der Waals surface area contributed by atoms with Gasteiger partial charge in [0, 0.05) is 23.1 Å². The van der Waals surface area contributed by atoms with Gasteiger partial charge in [-0.3, -0.25) is 4.79 Å². The third-order valence-electron chi connectivity index (χ3n) is 4.77. The lowest BCUT2D eigenvalue weighted by Crippen LogP contribution is -2.09. The number of nitrogens with one attached hydrogen (secondary N) is 1. The van der Waals surface area contributed by atoms with Gasteiger partial charge in [0.2, 0.25) is 0 Å². The molecule has 0 radical (unpaired) electrons. The molecular formula is C24H21NO4. The lowest BCUT2D eigenvalue weighted by Gasteiger charge is -2.11. The first kappa shape index (κ1) is 18.6. The highest BCUT2D eigenvalue weighted by atomic mass is 16.5. The Balaban J connectivity index is 1.64. The number of hydrogen-bond donors (Lipinski definition) is 1. The predicted octanol–water partition coefficient (Wildman–Crippen LogP) is 4.79. The molecule has 0 amide bonds. The van der Waals surface area contributed by atoms with Crippen LogP contribution < -0.4 is 19.8 Å². The van der Waals surface area contributed by atoms with E-state index in [4.69, 9.17) is 14.2 Å². The van der Waals surface area contributed by atoms with Crippen LogP contribution in [-0.2, 0) is 6.61 Å². The smallest absolute Gasteiger partial charge is 0.256 e. The highest BCUT2D eigenvalue weighted by molar-refractivity contribution is 5.90. The van der Waals surface area contributed by atoms with E-state index in [0.29, 0.717) is 29.2 Å². The summed E-state index contributed by atoms with van der Waals surface area (Å²) in [4.78, 5) is 15.6. The minimum atomic E-state index is -0.175. The maximum absolute atomic E-state index is 12.7. The molecule has 4 aromatic rings. The monoisotopic (exact) mass is 387 g/mol. The van der Waals surface area contributed by atoms with E-state index in [1.165, 1.54) is 0 Å². The molecule has 146 valence electrons. The highest BCUT2D eigenvalue weighted by Crippen LogP contribution is 2.32. The van der Waals surface area contributed by atoms with Crippen molar-refractivity contribution in [3.8, 4) is 28.4 Å². The van der Waals surface area contributed by atoms with E-state index < -0.39 is 0 Å². The van der Waals surface area contributed by atoms with E-state index in [1.54, 1.807) is 26.4 Å². The zero-order valence-electron chi connectivity index (χ0n) is 16.3. The van der Waals surface area contributed by atoms with Crippen molar-refractivity contribution >= 4 is 10.9 Å². The summed E-state index contributed by atoms with van der Waals surface area (Å²) in [6.45, 7) is 0.496. The molecule has 1 heterocycles. The number of fused-ring (bicyclic) bond motifs is 1. The molecule has 0 saturated heterocycles. The molecule has 0 aliphatic rings. The molecule has 0 spiro atoms. The number of aromatic amines is 1. The summed E-state index contributed by atoms with van der Waals surface area (Å²) in [5.41, 5.74) is 2.96. The van der Waals surface area contributed by atoms with Gasteiger partial charge in [0.15, 0.2) is 0 Å². The lowest BCUT2D eigenvalue weighted by molar-refractivity contribution is 0.306. The SMILES string of the molecule is COc1cc(OC)c2cc(-c3ccc(OCc4ccccc4)cc3)c(=O)[nH]c2c1. The summed E-state index contributed by atoms with van der Waals surface area (Å²) in [6, 6.07) is 22.9. The van der Waals surface area contributed by atoms with Crippen molar-refractivity contribution in [3.63, 3.8) is 0 Å². The predicted molar refractivity (Wildman–Crippen MR) is 114 cm³/mol. The topological polar surface area (TPSA) is 60.6 Å². The van der Waals surface area contributed by atoms with Crippen molar-refractivity contribution in [3.05, 3.63) is 88.7 Å². The van der Waals surface area contributed by atoms with Crippen molar-refractivity contribution in [2.75, 3.05) is 14.2 Å². The average Bonchev–Trinajstić information content (AvgIpc) is 2.77. The van der Waals surface area contributed by atoms with Crippen molar-refractivity contribution < 1.29 is 14.2 Å². The van der Waals surface area contributed by atoms with E-state index in [9.17, 15) is 4.79 Å². The summed E-state index contributed by atoms with van der Waals surface area (Å²) >= 11 is 0. The van der Waals surface area contributed by atoms with Gasteiger partial charge in [0.05, 0.1) is 19.7 Å². The third kappa shape index (κ3) is 3.94. The van der Waals surface area contributed by atoms with Crippen LogP contribution in [0.25, 0.3) is 22.0 Å². The second kappa shape index (κ2) is 8.10. The Kier molecular flexibility index (Phi) is 5.20. The van der Waals surface area contributed by atoms with Crippen LogP contribution in [0.1, 0.15) is 5.56 Å². The fourth-order valence-corrected chi connectivity index (χ4v) is 3.23.